The lowest BCUT2D eigenvalue weighted by Crippen LogP contribution is -2.07. The van der Waals surface area contributed by atoms with Crippen LogP contribution in [0.25, 0.3) is 48.7 Å². The zero-order valence-electron chi connectivity index (χ0n) is 15.2. The maximum Gasteiger partial charge on any atom is 0.176 e. The molecular weight excluding hydrogens is 382 g/mol. The fourth-order valence-electron chi connectivity index (χ4n) is 4.43. The van der Waals surface area contributed by atoms with E-state index < -0.39 is 0 Å². The van der Waals surface area contributed by atoms with Gasteiger partial charge >= 0.3 is 0 Å². The van der Waals surface area contributed by atoms with Crippen LogP contribution in [0.3, 0.4) is 0 Å². The molecule has 0 fully saturated rings. The number of aromatic nitrogens is 5. The molecule has 7 heteroatoms. The van der Waals surface area contributed by atoms with E-state index in [1.54, 1.807) is 34.8 Å². The van der Waals surface area contributed by atoms with Crippen LogP contribution in [0, 0.1) is 0 Å². The first-order valence-corrected chi connectivity index (χ1v) is 10.3. The van der Waals surface area contributed by atoms with Crippen molar-refractivity contribution in [2.24, 2.45) is 0 Å². The van der Waals surface area contributed by atoms with Gasteiger partial charge in [-0.25, -0.2) is 19.5 Å². The minimum Gasteiger partial charge on any atom is -0.464 e. The highest BCUT2D eigenvalue weighted by Crippen LogP contribution is 2.46. The number of hydrogen-bond acceptors (Lipinski definition) is 6. The van der Waals surface area contributed by atoms with Gasteiger partial charge in [-0.2, -0.15) is 5.10 Å². The van der Waals surface area contributed by atoms with E-state index in [-0.39, 0.29) is 0 Å². The van der Waals surface area contributed by atoms with E-state index in [2.05, 4.69) is 34.3 Å². The van der Waals surface area contributed by atoms with Gasteiger partial charge < -0.3 is 4.42 Å². The maximum absolute atomic E-state index is 5.89. The Kier molecular flexibility index (Phi) is 2.90. The predicted octanol–water partition coefficient (Wildman–Crippen LogP) is 4.91. The third-order valence-corrected chi connectivity index (χ3v) is 6.74. The molecule has 0 unspecified atom stereocenters. The summed E-state index contributed by atoms with van der Waals surface area (Å²) in [5.74, 6) is 0.857. The highest BCUT2D eigenvalue weighted by Gasteiger charge is 2.27. The van der Waals surface area contributed by atoms with Crippen LogP contribution in [0.2, 0.25) is 0 Å². The van der Waals surface area contributed by atoms with E-state index in [0.717, 1.165) is 55.9 Å². The van der Waals surface area contributed by atoms with Crippen molar-refractivity contribution in [3.05, 3.63) is 66.4 Å². The van der Waals surface area contributed by atoms with Crippen LogP contribution in [-0.2, 0) is 12.8 Å². The number of pyridine rings is 1. The number of benzene rings is 1. The Bertz CT molecular complexity index is 1560. The van der Waals surface area contributed by atoms with E-state index in [1.165, 1.54) is 16.7 Å². The fourth-order valence-corrected chi connectivity index (χ4v) is 5.55. The van der Waals surface area contributed by atoms with Gasteiger partial charge in [0.2, 0.25) is 0 Å². The summed E-state index contributed by atoms with van der Waals surface area (Å²) in [5.41, 5.74) is 7.65. The molecule has 0 atom stereocenters. The molecule has 1 aliphatic carbocycles. The maximum atomic E-state index is 5.89. The number of aryl methyl sites for hydroxylation is 1. The first-order valence-electron chi connectivity index (χ1n) is 9.44. The Morgan fingerprint density at radius 1 is 1.03 bits per heavy atom. The Morgan fingerprint density at radius 2 is 2.00 bits per heavy atom. The van der Waals surface area contributed by atoms with Gasteiger partial charge in [0.1, 0.15) is 27.9 Å². The van der Waals surface area contributed by atoms with Crippen molar-refractivity contribution >= 4 is 37.4 Å². The second kappa shape index (κ2) is 5.48. The summed E-state index contributed by atoms with van der Waals surface area (Å²) in [6.07, 6.45) is 6.92. The van der Waals surface area contributed by atoms with Crippen LogP contribution in [0.4, 0.5) is 0 Å². The molecule has 6 aromatic rings. The first-order chi connectivity index (χ1) is 14.4. The number of fused-ring (bicyclic) bond motifs is 8. The lowest BCUT2D eigenvalue weighted by Gasteiger charge is -2.21. The van der Waals surface area contributed by atoms with Gasteiger partial charge in [-0.1, -0.05) is 24.3 Å². The molecule has 0 saturated carbocycles. The average Bonchev–Trinajstić information content (AvgIpc) is 3.50. The third kappa shape index (κ3) is 2.00. The van der Waals surface area contributed by atoms with Crippen LogP contribution in [0.5, 0.6) is 0 Å². The fraction of sp³-hybridized carbons (Fsp3) is 0.0909. The summed E-state index contributed by atoms with van der Waals surface area (Å²) >= 11 is 1.62. The summed E-state index contributed by atoms with van der Waals surface area (Å²) in [7, 11) is 0. The molecule has 5 aromatic heterocycles. The molecule has 0 N–H and O–H groups in total. The second-order valence-electron chi connectivity index (χ2n) is 7.18. The quantitative estimate of drug-likeness (QED) is 0.396. The minimum absolute atomic E-state index is 0.807. The second-order valence-corrected chi connectivity index (χ2v) is 8.18. The zero-order chi connectivity index (χ0) is 18.9. The molecule has 29 heavy (non-hydrogen) atoms. The normalized spacial score (nSPS) is 13.2. The summed E-state index contributed by atoms with van der Waals surface area (Å²) in [6, 6.07) is 12.5. The smallest absolute Gasteiger partial charge is 0.176 e. The van der Waals surface area contributed by atoms with Crippen molar-refractivity contribution in [1.29, 1.82) is 0 Å². The first kappa shape index (κ1) is 15.4. The summed E-state index contributed by atoms with van der Waals surface area (Å²) in [6.45, 7) is 0. The summed E-state index contributed by atoms with van der Waals surface area (Å²) in [5, 5.41) is 5.27. The number of hydrogen-bond donors (Lipinski definition) is 0. The van der Waals surface area contributed by atoms with Crippen molar-refractivity contribution in [3.8, 4) is 22.6 Å². The standard InChI is InChI=1S/C22H13N5OS/c1-2-5-13-12(4-1)7-8-14-16(15-6-3-9-28-15)17-19-20(29-22(17)26-18(13)14)21-23-10-25-27(21)11-24-19/h1-6,9-11H,7-8H2. The van der Waals surface area contributed by atoms with Crippen molar-refractivity contribution in [3.63, 3.8) is 0 Å². The molecule has 0 aliphatic heterocycles. The molecule has 138 valence electrons. The molecule has 0 saturated heterocycles. The average molecular weight is 395 g/mol. The van der Waals surface area contributed by atoms with Crippen molar-refractivity contribution < 1.29 is 4.42 Å². The topological polar surface area (TPSA) is 69.1 Å². The van der Waals surface area contributed by atoms with E-state index in [0.29, 0.717) is 0 Å². The molecule has 0 radical (unpaired) electrons. The molecule has 0 amide bonds. The number of rotatable bonds is 1. The van der Waals surface area contributed by atoms with Crippen molar-refractivity contribution in [1.82, 2.24) is 24.6 Å². The van der Waals surface area contributed by atoms with E-state index in [4.69, 9.17) is 14.4 Å². The van der Waals surface area contributed by atoms with E-state index >= 15 is 0 Å². The monoisotopic (exact) mass is 395 g/mol. The van der Waals surface area contributed by atoms with Crippen LogP contribution in [0.1, 0.15) is 11.1 Å². The third-order valence-electron chi connectivity index (χ3n) is 5.67. The minimum atomic E-state index is 0.807. The molecule has 0 spiro atoms. The van der Waals surface area contributed by atoms with E-state index in [9.17, 15) is 0 Å². The number of furan rings is 1. The SMILES string of the molecule is c1coc(-c2c3c(nc4sc5c(ncn6ncnc56)c24)-c2ccccc2CC3)c1. The van der Waals surface area contributed by atoms with Gasteiger partial charge in [-0.05, 0) is 36.1 Å². The van der Waals surface area contributed by atoms with Gasteiger partial charge in [0.15, 0.2) is 5.65 Å². The van der Waals surface area contributed by atoms with Crippen LogP contribution in [-0.4, -0.2) is 24.6 Å². The zero-order valence-corrected chi connectivity index (χ0v) is 16.0. The Labute approximate surface area is 168 Å². The molecule has 5 heterocycles. The number of thiophene rings is 1. The molecule has 1 aliphatic rings. The predicted molar refractivity (Wildman–Crippen MR) is 112 cm³/mol. The van der Waals surface area contributed by atoms with Crippen molar-refractivity contribution in [2.75, 3.05) is 0 Å². The Morgan fingerprint density at radius 3 is 2.93 bits per heavy atom. The lowest BCUT2D eigenvalue weighted by atomic mass is 9.85. The van der Waals surface area contributed by atoms with Gasteiger partial charge in [0.25, 0.3) is 0 Å². The van der Waals surface area contributed by atoms with Crippen LogP contribution in [0.15, 0.2) is 59.7 Å². The van der Waals surface area contributed by atoms with Crippen molar-refractivity contribution in [2.45, 2.75) is 12.8 Å². The van der Waals surface area contributed by atoms with Crippen LogP contribution >= 0.6 is 11.3 Å². The Hall–Kier alpha value is -3.58. The van der Waals surface area contributed by atoms with Crippen LogP contribution < -0.4 is 0 Å². The largest absolute Gasteiger partial charge is 0.464 e. The molecule has 0 bridgehead atoms. The van der Waals surface area contributed by atoms with Gasteiger partial charge in [-0.15, -0.1) is 11.3 Å². The summed E-state index contributed by atoms with van der Waals surface area (Å²) in [4.78, 5) is 15.2. The van der Waals surface area contributed by atoms with Gasteiger partial charge in [0, 0.05) is 16.5 Å². The highest BCUT2D eigenvalue weighted by atomic mass is 32.1. The Balaban J connectivity index is 1.70. The summed E-state index contributed by atoms with van der Waals surface area (Å²) < 4.78 is 8.59. The van der Waals surface area contributed by atoms with Gasteiger partial charge in [0.05, 0.1) is 17.5 Å². The van der Waals surface area contributed by atoms with Gasteiger partial charge in [-0.3, -0.25) is 0 Å². The molecular formula is C22H13N5OS. The number of nitrogens with zero attached hydrogens (tertiary/aromatic N) is 5. The molecule has 1 aromatic carbocycles. The molecule has 7 rings (SSSR count). The molecule has 6 nitrogen and oxygen atoms in total. The highest BCUT2D eigenvalue weighted by molar-refractivity contribution is 7.26. The van der Waals surface area contributed by atoms with E-state index in [1.807, 2.05) is 12.1 Å². The lowest BCUT2D eigenvalue weighted by molar-refractivity contribution is 0.582.